The Hall–Kier alpha value is -1.12. The molecule has 0 bridgehead atoms. The van der Waals surface area contributed by atoms with Crippen molar-refractivity contribution >= 4 is 50.5 Å². The van der Waals surface area contributed by atoms with Crippen molar-refractivity contribution in [3.8, 4) is 0 Å². The van der Waals surface area contributed by atoms with Gasteiger partial charge in [0.2, 0.25) is 5.91 Å². The van der Waals surface area contributed by atoms with Crippen molar-refractivity contribution in [3.63, 3.8) is 0 Å². The van der Waals surface area contributed by atoms with Crippen molar-refractivity contribution in [1.29, 1.82) is 0 Å². The maximum atomic E-state index is 12.8. The summed E-state index contributed by atoms with van der Waals surface area (Å²) >= 11 is 13.2. The van der Waals surface area contributed by atoms with Gasteiger partial charge in [0.1, 0.15) is 4.21 Å². The number of rotatable bonds is 5. The lowest BCUT2D eigenvalue weighted by atomic mass is 10.0. The van der Waals surface area contributed by atoms with Crippen molar-refractivity contribution in [2.75, 3.05) is 20.1 Å². The zero-order chi connectivity index (χ0) is 18.9. The average Bonchev–Trinajstić information content (AvgIpc) is 3.28. The summed E-state index contributed by atoms with van der Waals surface area (Å²) in [5.41, 5.74) is 0.911. The first-order chi connectivity index (χ1) is 12.3. The van der Waals surface area contributed by atoms with Gasteiger partial charge in [0.25, 0.3) is 10.0 Å². The van der Waals surface area contributed by atoms with Crippen LogP contribution >= 0.6 is 34.5 Å². The van der Waals surface area contributed by atoms with Gasteiger partial charge in [0, 0.05) is 13.6 Å². The molecule has 1 atom stereocenters. The van der Waals surface area contributed by atoms with Gasteiger partial charge in [-0.25, -0.2) is 8.42 Å². The number of hydrogen-bond donors (Lipinski definition) is 0. The fraction of sp³-hybridized carbons (Fsp3) is 0.353. The van der Waals surface area contributed by atoms with Gasteiger partial charge in [-0.15, -0.1) is 11.3 Å². The highest BCUT2D eigenvalue weighted by Crippen LogP contribution is 2.35. The molecule has 140 valence electrons. The first kappa shape index (κ1) is 19.6. The summed E-state index contributed by atoms with van der Waals surface area (Å²) < 4.78 is 26.4. The number of carbonyl (C=O) groups is 1. The average molecular weight is 433 g/mol. The fourth-order valence-electron chi connectivity index (χ4n) is 3.06. The summed E-state index contributed by atoms with van der Waals surface area (Å²) in [6.45, 7) is 0.398. The van der Waals surface area contributed by atoms with Crippen molar-refractivity contribution < 1.29 is 13.2 Å². The summed E-state index contributed by atoms with van der Waals surface area (Å²) in [6.07, 6.45) is 1.67. The third-order valence-corrected chi connectivity index (χ3v) is 8.33. The van der Waals surface area contributed by atoms with E-state index >= 15 is 0 Å². The van der Waals surface area contributed by atoms with Crippen LogP contribution in [0.1, 0.15) is 24.4 Å². The highest BCUT2D eigenvalue weighted by atomic mass is 35.5. The molecule has 2 heterocycles. The van der Waals surface area contributed by atoms with Crippen molar-refractivity contribution in [2.24, 2.45) is 0 Å². The Morgan fingerprint density at radius 2 is 2.08 bits per heavy atom. The SMILES string of the molecule is CN(CC(=O)N1CCCC1c1ccc(Cl)c(Cl)c1)S(=O)(=O)c1cccs1. The predicted molar refractivity (Wildman–Crippen MR) is 104 cm³/mol. The quantitative estimate of drug-likeness (QED) is 0.715. The molecule has 0 radical (unpaired) electrons. The smallest absolute Gasteiger partial charge is 0.252 e. The van der Waals surface area contributed by atoms with Crippen LogP contribution in [0.3, 0.4) is 0 Å². The van der Waals surface area contributed by atoms with Crippen molar-refractivity contribution in [1.82, 2.24) is 9.21 Å². The zero-order valence-electron chi connectivity index (χ0n) is 14.1. The summed E-state index contributed by atoms with van der Waals surface area (Å²) in [6, 6.07) is 8.44. The van der Waals surface area contributed by atoms with Crippen molar-refractivity contribution in [2.45, 2.75) is 23.1 Å². The molecule has 1 aliphatic heterocycles. The van der Waals surface area contributed by atoms with E-state index in [0.29, 0.717) is 16.6 Å². The second-order valence-electron chi connectivity index (χ2n) is 6.11. The minimum atomic E-state index is -3.65. The minimum Gasteiger partial charge on any atom is -0.335 e. The van der Waals surface area contributed by atoms with Gasteiger partial charge in [0.05, 0.1) is 22.6 Å². The van der Waals surface area contributed by atoms with Crippen LogP contribution in [0.5, 0.6) is 0 Å². The number of sulfonamides is 1. The van der Waals surface area contributed by atoms with Crippen LogP contribution in [-0.2, 0) is 14.8 Å². The summed E-state index contributed by atoms with van der Waals surface area (Å²) in [5, 5.41) is 2.61. The molecule has 1 unspecified atom stereocenters. The third kappa shape index (κ3) is 3.92. The Morgan fingerprint density at radius 1 is 1.31 bits per heavy atom. The van der Waals surface area contributed by atoms with Gasteiger partial charge in [-0.05, 0) is 42.0 Å². The molecular weight excluding hydrogens is 415 g/mol. The first-order valence-corrected chi connectivity index (χ1v) is 11.1. The number of halogens is 2. The van der Waals surface area contributed by atoms with E-state index in [-0.39, 0.29) is 22.7 Å². The summed E-state index contributed by atoms with van der Waals surface area (Å²) in [7, 11) is -2.22. The molecule has 1 aromatic heterocycles. The zero-order valence-corrected chi connectivity index (χ0v) is 17.2. The molecule has 1 fully saturated rings. The fourth-order valence-corrected chi connectivity index (χ4v) is 5.69. The van der Waals surface area contributed by atoms with Crippen LogP contribution in [0, 0.1) is 0 Å². The van der Waals surface area contributed by atoms with Gasteiger partial charge >= 0.3 is 0 Å². The summed E-state index contributed by atoms with van der Waals surface area (Å²) in [4.78, 5) is 14.5. The number of thiophene rings is 1. The van der Waals surface area contributed by atoms with E-state index in [1.807, 2.05) is 6.07 Å². The standard InChI is InChI=1S/C17H18Cl2N2O3S2/c1-20(26(23,24)17-5-3-9-25-17)11-16(22)21-8-2-4-15(21)12-6-7-13(18)14(19)10-12/h3,5-7,9-10,15H,2,4,8,11H2,1H3. The molecule has 1 aromatic carbocycles. The van der Waals surface area contributed by atoms with E-state index in [1.165, 1.54) is 13.1 Å². The van der Waals surface area contributed by atoms with E-state index in [4.69, 9.17) is 23.2 Å². The molecule has 0 saturated carbocycles. The number of benzene rings is 1. The van der Waals surface area contributed by atoms with Gasteiger partial charge in [0.15, 0.2) is 0 Å². The third-order valence-electron chi connectivity index (χ3n) is 4.42. The Bertz CT molecular complexity index is 901. The molecule has 1 saturated heterocycles. The Balaban J connectivity index is 1.75. The first-order valence-electron chi connectivity index (χ1n) is 8.05. The van der Waals surface area contributed by atoms with Gasteiger partial charge in [-0.1, -0.05) is 35.3 Å². The second kappa shape index (κ2) is 7.86. The molecule has 9 heteroatoms. The van der Waals surface area contributed by atoms with Gasteiger partial charge in [-0.3, -0.25) is 4.79 Å². The van der Waals surface area contributed by atoms with Gasteiger partial charge in [-0.2, -0.15) is 4.31 Å². The highest BCUT2D eigenvalue weighted by Gasteiger charge is 2.33. The summed E-state index contributed by atoms with van der Waals surface area (Å²) in [5.74, 6) is -0.221. The molecule has 0 aliphatic carbocycles. The molecule has 1 aliphatic rings. The molecule has 0 spiro atoms. The Kier molecular flexibility index (Phi) is 5.94. The maximum absolute atomic E-state index is 12.8. The Morgan fingerprint density at radius 3 is 2.73 bits per heavy atom. The Labute approximate surface area is 167 Å². The van der Waals surface area contributed by atoms with Crippen LogP contribution in [0.15, 0.2) is 39.9 Å². The molecular formula is C17H18Cl2N2O3S2. The topological polar surface area (TPSA) is 57.7 Å². The number of likely N-dealkylation sites (tertiary alicyclic amines) is 1. The minimum absolute atomic E-state index is 0.116. The largest absolute Gasteiger partial charge is 0.335 e. The van der Waals surface area contributed by atoms with Crippen LogP contribution < -0.4 is 0 Å². The monoisotopic (exact) mass is 432 g/mol. The van der Waals surface area contributed by atoms with Crippen LogP contribution in [0.2, 0.25) is 10.0 Å². The lowest BCUT2D eigenvalue weighted by Crippen LogP contribution is -2.40. The van der Waals surface area contributed by atoms with Crippen molar-refractivity contribution in [3.05, 3.63) is 51.3 Å². The predicted octanol–water partition coefficient (Wildman–Crippen LogP) is 4.04. The van der Waals surface area contributed by atoms with E-state index < -0.39 is 10.0 Å². The maximum Gasteiger partial charge on any atom is 0.252 e. The van der Waals surface area contributed by atoms with E-state index in [2.05, 4.69) is 0 Å². The number of likely N-dealkylation sites (N-methyl/N-ethyl adjacent to an activating group) is 1. The molecule has 3 rings (SSSR count). The normalized spacial score (nSPS) is 17.8. The van der Waals surface area contributed by atoms with E-state index in [9.17, 15) is 13.2 Å². The van der Waals surface area contributed by atoms with Gasteiger partial charge < -0.3 is 4.90 Å². The lowest BCUT2D eigenvalue weighted by molar-refractivity contribution is -0.132. The highest BCUT2D eigenvalue weighted by molar-refractivity contribution is 7.91. The number of nitrogens with zero attached hydrogens (tertiary/aromatic N) is 2. The van der Waals surface area contributed by atoms with Crippen LogP contribution in [0.4, 0.5) is 0 Å². The molecule has 2 aromatic rings. The van der Waals surface area contributed by atoms with Crippen LogP contribution in [-0.4, -0.2) is 43.7 Å². The molecule has 26 heavy (non-hydrogen) atoms. The lowest BCUT2D eigenvalue weighted by Gasteiger charge is -2.27. The second-order valence-corrected chi connectivity index (χ2v) is 10.1. The molecule has 0 N–H and O–H groups in total. The number of carbonyl (C=O) groups excluding carboxylic acids is 1. The molecule has 1 amide bonds. The number of amides is 1. The number of hydrogen-bond acceptors (Lipinski definition) is 4. The van der Waals surface area contributed by atoms with Crippen LogP contribution in [0.25, 0.3) is 0 Å². The van der Waals surface area contributed by atoms with E-state index in [1.54, 1.807) is 28.5 Å². The molecule has 5 nitrogen and oxygen atoms in total. The van der Waals surface area contributed by atoms with E-state index in [0.717, 1.165) is 34.0 Å².